The minimum Gasteiger partial charge on any atom is -0.387 e. The second kappa shape index (κ2) is 7.03. The Morgan fingerprint density at radius 3 is 2.82 bits per heavy atom. The van der Waals surface area contributed by atoms with E-state index >= 15 is 0 Å². The maximum atomic E-state index is 10.4. The van der Waals surface area contributed by atoms with Crippen LogP contribution < -0.4 is 0 Å². The molecule has 1 aromatic carbocycles. The quantitative estimate of drug-likeness (QED) is 0.918. The normalized spacial score (nSPS) is 18.5. The summed E-state index contributed by atoms with van der Waals surface area (Å²) in [7, 11) is 0. The summed E-state index contributed by atoms with van der Waals surface area (Å²) in [5.41, 5.74) is 2.22. The molecule has 1 fully saturated rings. The highest BCUT2D eigenvalue weighted by molar-refractivity contribution is 5.24. The lowest BCUT2D eigenvalue weighted by molar-refractivity contribution is 0.0860. The first kappa shape index (κ1) is 15.2. The molecule has 5 heteroatoms. The number of hydrogen-bond donors (Lipinski definition) is 1. The van der Waals surface area contributed by atoms with Crippen molar-refractivity contribution in [3.8, 4) is 0 Å². The number of aryl methyl sites for hydroxylation is 1. The molecule has 1 unspecified atom stereocenters. The third-order valence-electron chi connectivity index (χ3n) is 4.48. The lowest BCUT2D eigenvalue weighted by atomic mass is 9.96. The summed E-state index contributed by atoms with van der Waals surface area (Å²) in [4.78, 5) is 6.36. The van der Waals surface area contributed by atoms with Crippen LogP contribution in [-0.4, -0.2) is 44.4 Å². The van der Waals surface area contributed by atoms with Crippen molar-refractivity contribution in [2.24, 2.45) is 5.92 Å². The summed E-state index contributed by atoms with van der Waals surface area (Å²) in [6.45, 7) is 5.82. The zero-order chi connectivity index (χ0) is 15.4. The average molecular weight is 300 g/mol. The summed E-state index contributed by atoms with van der Waals surface area (Å²) in [6.07, 6.45) is 5.29. The van der Waals surface area contributed by atoms with E-state index in [4.69, 9.17) is 0 Å². The van der Waals surface area contributed by atoms with E-state index < -0.39 is 6.10 Å². The van der Waals surface area contributed by atoms with Crippen LogP contribution in [0.25, 0.3) is 0 Å². The zero-order valence-electron chi connectivity index (χ0n) is 13.1. The van der Waals surface area contributed by atoms with Crippen molar-refractivity contribution in [1.29, 1.82) is 0 Å². The predicted octanol–water partition coefficient (Wildman–Crippen LogP) is 2.03. The molecule has 0 radical (unpaired) electrons. The van der Waals surface area contributed by atoms with Gasteiger partial charge in [0.1, 0.15) is 12.7 Å². The van der Waals surface area contributed by atoms with E-state index in [1.165, 1.54) is 5.56 Å². The van der Waals surface area contributed by atoms with Gasteiger partial charge in [-0.15, -0.1) is 0 Å². The summed E-state index contributed by atoms with van der Waals surface area (Å²) in [5, 5.41) is 14.6. The molecule has 118 valence electrons. The summed E-state index contributed by atoms with van der Waals surface area (Å²) < 4.78 is 1.92. The van der Waals surface area contributed by atoms with Crippen LogP contribution in [0.5, 0.6) is 0 Å². The van der Waals surface area contributed by atoms with Crippen LogP contribution in [0.4, 0.5) is 0 Å². The van der Waals surface area contributed by atoms with Crippen LogP contribution in [0.3, 0.4) is 0 Å². The van der Waals surface area contributed by atoms with E-state index in [2.05, 4.69) is 34.0 Å². The first-order chi connectivity index (χ1) is 10.7. The highest BCUT2D eigenvalue weighted by atomic mass is 16.3. The lowest BCUT2D eigenvalue weighted by Gasteiger charge is -2.33. The Labute approximate surface area is 131 Å². The van der Waals surface area contributed by atoms with E-state index in [0.717, 1.165) is 44.6 Å². The Bertz CT molecular complexity index is 576. The summed E-state index contributed by atoms with van der Waals surface area (Å²) >= 11 is 0. The number of aliphatic hydroxyl groups excluding tert-OH is 1. The van der Waals surface area contributed by atoms with Crippen molar-refractivity contribution >= 4 is 0 Å². The number of nitrogens with zero attached hydrogens (tertiary/aromatic N) is 4. The first-order valence-electron chi connectivity index (χ1n) is 8.00. The molecular formula is C17H24N4O. The Kier molecular flexibility index (Phi) is 4.85. The Morgan fingerprint density at radius 1 is 1.32 bits per heavy atom. The number of aliphatic hydroxyl groups is 1. The fourth-order valence-electron chi connectivity index (χ4n) is 3.17. The molecule has 0 aliphatic carbocycles. The number of aromatic nitrogens is 3. The molecule has 1 aromatic heterocycles. The molecule has 1 aliphatic rings. The van der Waals surface area contributed by atoms with Crippen molar-refractivity contribution < 1.29 is 5.11 Å². The lowest BCUT2D eigenvalue weighted by Crippen LogP contribution is -2.37. The van der Waals surface area contributed by atoms with Gasteiger partial charge in [-0.2, -0.15) is 5.10 Å². The summed E-state index contributed by atoms with van der Waals surface area (Å²) in [6, 6.07) is 8.15. The van der Waals surface area contributed by atoms with Gasteiger partial charge >= 0.3 is 0 Å². The third-order valence-corrected chi connectivity index (χ3v) is 4.48. The Hall–Kier alpha value is -1.72. The highest BCUT2D eigenvalue weighted by Crippen LogP contribution is 2.22. The van der Waals surface area contributed by atoms with Crippen LogP contribution in [0.15, 0.2) is 36.9 Å². The minimum absolute atomic E-state index is 0.397. The fraction of sp³-hybridized carbons (Fsp3) is 0.529. The van der Waals surface area contributed by atoms with Crippen LogP contribution in [-0.2, 0) is 6.54 Å². The molecule has 5 nitrogen and oxygen atoms in total. The van der Waals surface area contributed by atoms with Gasteiger partial charge in [-0.05, 0) is 44.3 Å². The SMILES string of the molecule is Cc1cccc(C(O)CN2CCC(Cn3cncn3)CC2)c1. The number of hydrogen-bond acceptors (Lipinski definition) is 4. The Morgan fingerprint density at radius 2 is 2.14 bits per heavy atom. The second-order valence-corrected chi connectivity index (χ2v) is 6.29. The molecule has 3 rings (SSSR count). The van der Waals surface area contributed by atoms with E-state index in [-0.39, 0.29) is 0 Å². The van der Waals surface area contributed by atoms with E-state index in [1.807, 2.05) is 16.8 Å². The average Bonchev–Trinajstić information content (AvgIpc) is 3.02. The van der Waals surface area contributed by atoms with Crippen molar-refractivity contribution in [1.82, 2.24) is 19.7 Å². The molecule has 22 heavy (non-hydrogen) atoms. The van der Waals surface area contributed by atoms with E-state index in [1.54, 1.807) is 12.7 Å². The Balaban J connectivity index is 1.47. The zero-order valence-corrected chi connectivity index (χ0v) is 13.1. The van der Waals surface area contributed by atoms with Crippen molar-refractivity contribution in [2.45, 2.75) is 32.4 Å². The monoisotopic (exact) mass is 300 g/mol. The van der Waals surface area contributed by atoms with Gasteiger partial charge in [0.25, 0.3) is 0 Å². The van der Waals surface area contributed by atoms with Gasteiger partial charge in [-0.3, -0.25) is 4.68 Å². The maximum Gasteiger partial charge on any atom is 0.137 e. The van der Waals surface area contributed by atoms with Crippen LogP contribution in [0, 0.1) is 12.8 Å². The van der Waals surface area contributed by atoms with Gasteiger partial charge < -0.3 is 10.0 Å². The van der Waals surface area contributed by atoms with E-state index in [0.29, 0.717) is 5.92 Å². The standard InChI is InChI=1S/C17H24N4O/c1-14-3-2-4-16(9-14)17(22)11-20-7-5-15(6-8-20)10-21-13-18-12-19-21/h2-4,9,12-13,15,17,22H,5-8,10-11H2,1H3. The van der Waals surface area contributed by atoms with Crippen LogP contribution in [0.1, 0.15) is 30.1 Å². The minimum atomic E-state index is -0.397. The number of piperidine rings is 1. The van der Waals surface area contributed by atoms with Gasteiger partial charge in [0.05, 0.1) is 6.10 Å². The molecule has 0 saturated carbocycles. The molecule has 2 aromatic rings. The van der Waals surface area contributed by atoms with Crippen LogP contribution >= 0.6 is 0 Å². The predicted molar refractivity (Wildman–Crippen MR) is 85.3 cm³/mol. The second-order valence-electron chi connectivity index (χ2n) is 6.29. The highest BCUT2D eigenvalue weighted by Gasteiger charge is 2.22. The molecule has 0 bridgehead atoms. The number of benzene rings is 1. The molecular weight excluding hydrogens is 276 g/mol. The number of rotatable bonds is 5. The molecule has 1 atom stereocenters. The summed E-state index contributed by atoms with van der Waals surface area (Å²) in [5.74, 6) is 0.661. The number of likely N-dealkylation sites (tertiary alicyclic amines) is 1. The van der Waals surface area contributed by atoms with Crippen molar-refractivity contribution in [2.75, 3.05) is 19.6 Å². The first-order valence-corrected chi connectivity index (χ1v) is 8.00. The smallest absolute Gasteiger partial charge is 0.137 e. The van der Waals surface area contributed by atoms with Crippen molar-refractivity contribution in [3.63, 3.8) is 0 Å². The van der Waals surface area contributed by atoms with Gasteiger partial charge in [-0.1, -0.05) is 29.8 Å². The van der Waals surface area contributed by atoms with E-state index in [9.17, 15) is 5.11 Å². The van der Waals surface area contributed by atoms with Gasteiger partial charge in [0.2, 0.25) is 0 Å². The molecule has 0 amide bonds. The molecule has 1 N–H and O–H groups in total. The fourth-order valence-corrected chi connectivity index (χ4v) is 3.17. The maximum absolute atomic E-state index is 10.4. The van der Waals surface area contributed by atoms with Crippen molar-refractivity contribution in [3.05, 3.63) is 48.0 Å². The molecule has 1 aliphatic heterocycles. The molecule has 0 spiro atoms. The molecule has 1 saturated heterocycles. The largest absolute Gasteiger partial charge is 0.387 e. The molecule has 2 heterocycles. The topological polar surface area (TPSA) is 54.2 Å². The van der Waals surface area contributed by atoms with Gasteiger partial charge in [0.15, 0.2) is 0 Å². The van der Waals surface area contributed by atoms with Gasteiger partial charge in [0, 0.05) is 13.1 Å². The van der Waals surface area contributed by atoms with Gasteiger partial charge in [-0.25, -0.2) is 4.98 Å². The van der Waals surface area contributed by atoms with Crippen LogP contribution in [0.2, 0.25) is 0 Å². The number of β-amino-alcohol motifs (C(OH)–C–C–N with tert-alkyl or cyclic N) is 1. The third kappa shape index (κ3) is 3.93.